The fourth-order valence-electron chi connectivity index (χ4n) is 1.13. The first-order chi connectivity index (χ1) is 8.01. The number of carbonyl (C=O) groups excluding carboxylic acids is 1. The third kappa shape index (κ3) is 3.24. The average Bonchev–Trinajstić information content (AvgIpc) is 2.29. The minimum absolute atomic E-state index is 0.00791. The van der Waals surface area contributed by atoms with E-state index in [1.807, 2.05) is 0 Å². The van der Waals surface area contributed by atoms with Crippen LogP contribution >= 0.6 is 22.6 Å². The van der Waals surface area contributed by atoms with Crippen molar-refractivity contribution >= 4 is 28.6 Å². The van der Waals surface area contributed by atoms with E-state index in [2.05, 4.69) is 4.98 Å². The topological polar surface area (TPSA) is 48.4 Å². The summed E-state index contributed by atoms with van der Waals surface area (Å²) in [5.74, 6) is -0.675. The number of aromatic nitrogens is 1. The Morgan fingerprint density at radius 3 is 2.71 bits per heavy atom. The standard InChI is InChI=1S/C10H10F2INO3/c1-3-17-10(15)5-4-6(8(11)12)14-9(16-2)7(5)13/h4,8H,3H2,1-2H3. The summed E-state index contributed by atoms with van der Waals surface area (Å²) in [5.41, 5.74) is -0.472. The summed E-state index contributed by atoms with van der Waals surface area (Å²) in [6.07, 6.45) is -2.77. The first kappa shape index (κ1) is 14.1. The molecule has 0 saturated heterocycles. The number of carbonyl (C=O) groups is 1. The van der Waals surface area contributed by atoms with Crippen molar-refractivity contribution in [3.8, 4) is 5.88 Å². The summed E-state index contributed by atoms with van der Waals surface area (Å²) in [7, 11) is 1.30. The molecule has 0 saturated carbocycles. The van der Waals surface area contributed by atoms with Crippen molar-refractivity contribution in [2.24, 2.45) is 0 Å². The largest absolute Gasteiger partial charge is 0.480 e. The highest BCUT2D eigenvalue weighted by molar-refractivity contribution is 14.1. The van der Waals surface area contributed by atoms with E-state index in [0.717, 1.165) is 6.07 Å². The lowest BCUT2D eigenvalue weighted by atomic mass is 10.2. The molecule has 17 heavy (non-hydrogen) atoms. The number of halogens is 3. The molecule has 1 rings (SSSR count). The maximum absolute atomic E-state index is 12.6. The Hall–Kier alpha value is -0.990. The van der Waals surface area contributed by atoms with Crippen LogP contribution in [0.4, 0.5) is 8.78 Å². The van der Waals surface area contributed by atoms with Gasteiger partial charge in [-0.15, -0.1) is 0 Å². The number of ether oxygens (including phenoxy) is 2. The second-order valence-corrected chi connectivity index (χ2v) is 4.02. The normalized spacial score (nSPS) is 10.5. The van der Waals surface area contributed by atoms with E-state index in [1.165, 1.54) is 7.11 Å². The van der Waals surface area contributed by atoms with E-state index >= 15 is 0 Å². The lowest BCUT2D eigenvalue weighted by Crippen LogP contribution is -2.10. The van der Waals surface area contributed by atoms with Gasteiger partial charge >= 0.3 is 5.97 Å². The van der Waals surface area contributed by atoms with E-state index in [-0.39, 0.29) is 18.1 Å². The smallest absolute Gasteiger partial charge is 0.339 e. The molecule has 0 bridgehead atoms. The van der Waals surface area contributed by atoms with Crippen LogP contribution in [0.25, 0.3) is 0 Å². The molecular weight excluding hydrogens is 347 g/mol. The Morgan fingerprint density at radius 2 is 2.24 bits per heavy atom. The van der Waals surface area contributed by atoms with Gasteiger partial charge in [0.25, 0.3) is 6.43 Å². The number of hydrogen-bond donors (Lipinski definition) is 0. The van der Waals surface area contributed by atoms with Crippen molar-refractivity contribution in [1.82, 2.24) is 4.98 Å². The summed E-state index contributed by atoms with van der Waals surface area (Å²) >= 11 is 1.80. The van der Waals surface area contributed by atoms with Crippen LogP contribution < -0.4 is 4.74 Å². The Bertz CT molecular complexity index is 426. The molecule has 0 fully saturated rings. The second-order valence-electron chi connectivity index (χ2n) is 2.94. The second kappa shape index (κ2) is 6.08. The molecule has 4 nitrogen and oxygen atoms in total. The molecule has 0 atom stereocenters. The van der Waals surface area contributed by atoms with Crippen LogP contribution in [0.1, 0.15) is 29.4 Å². The van der Waals surface area contributed by atoms with Crippen LogP contribution in [-0.4, -0.2) is 24.7 Å². The van der Waals surface area contributed by atoms with Gasteiger partial charge in [0, 0.05) is 0 Å². The Morgan fingerprint density at radius 1 is 1.59 bits per heavy atom. The van der Waals surface area contributed by atoms with Crippen molar-refractivity contribution in [3.63, 3.8) is 0 Å². The Labute approximate surface area is 110 Å². The van der Waals surface area contributed by atoms with Crippen LogP contribution in [0.2, 0.25) is 0 Å². The van der Waals surface area contributed by atoms with Crippen molar-refractivity contribution < 1.29 is 23.0 Å². The molecule has 1 aromatic heterocycles. The van der Waals surface area contributed by atoms with E-state index < -0.39 is 18.1 Å². The van der Waals surface area contributed by atoms with Crippen LogP contribution in [0.3, 0.4) is 0 Å². The maximum atomic E-state index is 12.6. The lowest BCUT2D eigenvalue weighted by Gasteiger charge is -2.10. The number of alkyl halides is 2. The molecule has 0 N–H and O–H groups in total. The highest BCUT2D eigenvalue weighted by Crippen LogP contribution is 2.28. The zero-order chi connectivity index (χ0) is 13.0. The summed E-state index contributed by atoms with van der Waals surface area (Å²) in [4.78, 5) is 15.2. The van der Waals surface area contributed by atoms with Gasteiger partial charge < -0.3 is 9.47 Å². The van der Waals surface area contributed by atoms with E-state index in [4.69, 9.17) is 9.47 Å². The van der Waals surface area contributed by atoms with Gasteiger partial charge in [-0.1, -0.05) is 0 Å². The van der Waals surface area contributed by atoms with Gasteiger partial charge in [-0.2, -0.15) is 0 Å². The summed E-state index contributed by atoms with van der Waals surface area (Å²) in [5, 5.41) is 0. The Balaban J connectivity index is 3.27. The number of hydrogen-bond acceptors (Lipinski definition) is 4. The first-order valence-electron chi connectivity index (χ1n) is 4.71. The summed E-state index contributed by atoms with van der Waals surface area (Å²) in [6.45, 7) is 1.81. The van der Waals surface area contributed by atoms with Crippen molar-refractivity contribution in [2.45, 2.75) is 13.3 Å². The first-order valence-corrected chi connectivity index (χ1v) is 5.78. The highest BCUT2D eigenvalue weighted by Gasteiger charge is 2.21. The van der Waals surface area contributed by atoms with Gasteiger partial charge in [-0.3, -0.25) is 0 Å². The van der Waals surface area contributed by atoms with Gasteiger partial charge in [-0.05, 0) is 35.6 Å². The molecule has 0 spiro atoms. The van der Waals surface area contributed by atoms with E-state index in [9.17, 15) is 13.6 Å². The van der Waals surface area contributed by atoms with Gasteiger partial charge in [0.05, 0.1) is 22.9 Å². The van der Waals surface area contributed by atoms with Crippen molar-refractivity contribution in [3.05, 3.63) is 20.9 Å². The number of rotatable bonds is 4. The van der Waals surface area contributed by atoms with Gasteiger partial charge in [-0.25, -0.2) is 18.6 Å². The third-order valence-electron chi connectivity index (χ3n) is 1.86. The highest BCUT2D eigenvalue weighted by atomic mass is 127. The fourth-order valence-corrected chi connectivity index (χ4v) is 1.85. The monoisotopic (exact) mass is 357 g/mol. The molecule has 0 aliphatic rings. The zero-order valence-electron chi connectivity index (χ0n) is 9.17. The summed E-state index contributed by atoms with van der Waals surface area (Å²) in [6, 6.07) is 1.02. The fraction of sp³-hybridized carbons (Fsp3) is 0.400. The van der Waals surface area contributed by atoms with Crippen molar-refractivity contribution in [1.29, 1.82) is 0 Å². The molecule has 0 aliphatic carbocycles. The molecule has 0 amide bonds. The number of pyridine rings is 1. The predicted octanol–water partition coefficient (Wildman–Crippen LogP) is 2.81. The predicted molar refractivity (Wildman–Crippen MR) is 64.4 cm³/mol. The summed E-state index contributed by atoms with van der Waals surface area (Å²) < 4.78 is 35.1. The van der Waals surface area contributed by atoms with Crippen molar-refractivity contribution in [2.75, 3.05) is 13.7 Å². The van der Waals surface area contributed by atoms with Crippen LogP contribution in [0, 0.1) is 3.57 Å². The minimum atomic E-state index is -2.77. The number of esters is 1. The molecule has 1 aromatic rings. The third-order valence-corrected chi connectivity index (χ3v) is 2.90. The van der Waals surface area contributed by atoms with Gasteiger partial charge in [0.2, 0.25) is 5.88 Å². The molecule has 7 heteroatoms. The molecule has 1 heterocycles. The molecule has 94 valence electrons. The molecule has 0 radical (unpaired) electrons. The Kier molecular flexibility index (Phi) is 5.03. The van der Waals surface area contributed by atoms with Gasteiger partial charge in [0.1, 0.15) is 5.69 Å². The number of methoxy groups -OCH3 is 1. The SMILES string of the molecule is CCOC(=O)c1cc(C(F)F)nc(OC)c1I. The van der Waals surface area contributed by atoms with Crippen LogP contribution in [0.15, 0.2) is 6.07 Å². The molecule has 0 aromatic carbocycles. The van der Waals surface area contributed by atoms with Gasteiger partial charge in [0.15, 0.2) is 0 Å². The van der Waals surface area contributed by atoms with E-state index in [1.54, 1.807) is 29.5 Å². The zero-order valence-corrected chi connectivity index (χ0v) is 11.3. The molecular formula is C10H10F2INO3. The quantitative estimate of drug-likeness (QED) is 0.614. The lowest BCUT2D eigenvalue weighted by molar-refractivity contribution is 0.0523. The molecule has 0 unspecified atom stereocenters. The maximum Gasteiger partial charge on any atom is 0.339 e. The minimum Gasteiger partial charge on any atom is -0.480 e. The number of nitrogens with zero attached hydrogens (tertiary/aromatic N) is 1. The van der Waals surface area contributed by atoms with Crippen LogP contribution in [-0.2, 0) is 4.74 Å². The van der Waals surface area contributed by atoms with E-state index in [0.29, 0.717) is 3.57 Å². The van der Waals surface area contributed by atoms with Crippen LogP contribution in [0.5, 0.6) is 5.88 Å². The average molecular weight is 357 g/mol. The molecule has 0 aliphatic heterocycles.